The summed E-state index contributed by atoms with van der Waals surface area (Å²) in [5.74, 6) is -3.05. The van der Waals surface area contributed by atoms with Crippen LogP contribution in [0.4, 0.5) is 0 Å². The number of para-hydroxylation sites is 1. The molecule has 0 saturated heterocycles. The van der Waals surface area contributed by atoms with Crippen LogP contribution in [0, 0.1) is 0 Å². The molecule has 2 aromatic carbocycles. The second kappa shape index (κ2) is 11.9. The molecule has 9 nitrogen and oxygen atoms in total. The fourth-order valence-electron chi connectivity index (χ4n) is 4.82. The zero-order chi connectivity index (χ0) is 27.2. The Morgan fingerprint density at radius 1 is 1.13 bits per heavy atom. The first-order chi connectivity index (χ1) is 18.2. The van der Waals surface area contributed by atoms with E-state index in [1.54, 1.807) is 43.3 Å². The minimum Gasteiger partial charge on any atom is -0.507 e. The van der Waals surface area contributed by atoms with Crippen LogP contribution in [-0.4, -0.2) is 46.6 Å². The molecule has 2 aliphatic heterocycles. The first-order valence-corrected chi connectivity index (χ1v) is 12.7. The van der Waals surface area contributed by atoms with Crippen molar-refractivity contribution in [2.45, 2.75) is 63.9 Å². The zero-order valence-corrected chi connectivity index (χ0v) is 21.1. The summed E-state index contributed by atoms with van der Waals surface area (Å²) in [6.07, 6.45) is 6.06. The third kappa shape index (κ3) is 6.22. The van der Waals surface area contributed by atoms with E-state index in [-0.39, 0.29) is 40.6 Å². The highest BCUT2D eigenvalue weighted by molar-refractivity contribution is 5.98. The largest absolute Gasteiger partial charge is 0.507 e. The second-order valence-corrected chi connectivity index (χ2v) is 9.49. The molecule has 0 aliphatic carbocycles. The van der Waals surface area contributed by atoms with Gasteiger partial charge in [-0.15, -0.1) is 0 Å². The SMILES string of the molecule is C[C@H]1CCCC(=O)CCCC=Cc2cc3c(c(O)c2C(=O)O1)[C@@H](c1ccccc1OCC(=O)O)CC(=O)O3. The number of allylic oxidation sites excluding steroid dienone is 1. The fourth-order valence-corrected chi connectivity index (χ4v) is 4.82. The third-order valence-electron chi connectivity index (χ3n) is 6.62. The van der Waals surface area contributed by atoms with E-state index in [2.05, 4.69) is 0 Å². The molecule has 0 aromatic heterocycles. The number of aliphatic carboxylic acids is 1. The molecule has 4 rings (SSSR count). The highest BCUT2D eigenvalue weighted by Gasteiger charge is 2.36. The zero-order valence-electron chi connectivity index (χ0n) is 21.1. The third-order valence-corrected chi connectivity index (χ3v) is 6.62. The number of aromatic hydroxyl groups is 1. The number of benzene rings is 2. The number of phenolic OH excluding ortho intramolecular Hbond substituents is 1. The lowest BCUT2D eigenvalue weighted by Gasteiger charge is -2.28. The van der Waals surface area contributed by atoms with E-state index < -0.39 is 36.5 Å². The summed E-state index contributed by atoms with van der Waals surface area (Å²) < 4.78 is 16.6. The molecule has 0 amide bonds. The van der Waals surface area contributed by atoms with E-state index >= 15 is 0 Å². The highest BCUT2D eigenvalue weighted by atomic mass is 16.5. The van der Waals surface area contributed by atoms with Crippen LogP contribution in [0.25, 0.3) is 6.08 Å². The number of Topliss-reactive ketones (excluding diaryl/α,β-unsaturated/α-hetero) is 1. The van der Waals surface area contributed by atoms with Gasteiger partial charge in [-0.05, 0) is 50.3 Å². The Labute approximate surface area is 220 Å². The van der Waals surface area contributed by atoms with Gasteiger partial charge in [0.25, 0.3) is 0 Å². The molecule has 9 heteroatoms. The van der Waals surface area contributed by atoms with Crippen molar-refractivity contribution in [3.05, 3.63) is 58.7 Å². The number of carboxylic acids is 1. The number of carbonyl (C=O) groups excluding carboxylic acids is 3. The van der Waals surface area contributed by atoms with Crippen molar-refractivity contribution < 1.29 is 43.6 Å². The summed E-state index contributed by atoms with van der Waals surface area (Å²) in [5.41, 5.74) is 0.974. The Morgan fingerprint density at radius 3 is 2.68 bits per heavy atom. The van der Waals surface area contributed by atoms with E-state index in [1.807, 2.05) is 0 Å². The Morgan fingerprint density at radius 2 is 1.89 bits per heavy atom. The molecule has 0 fully saturated rings. The Balaban J connectivity index is 1.81. The van der Waals surface area contributed by atoms with Crippen LogP contribution in [0.5, 0.6) is 17.2 Å². The Bertz CT molecular complexity index is 1280. The summed E-state index contributed by atoms with van der Waals surface area (Å²) >= 11 is 0. The van der Waals surface area contributed by atoms with Gasteiger partial charge in [-0.25, -0.2) is 9.59 Å². The summed E-state index contributed by atoms with van der Waals surface area (Å²) in [6.45, 7) is 1.15. The molecular formula is C29H30O9. The minimum atomic E-state index is -1.16. The van der Waals surface area contributed by atoms with Crippen LogP contribution in [0.2, 0.25) is 0 Å². The van der Waals surface area contributed by atoms with Crippen molar-refractivity contribution in [3.8, 4) is 17.2 Å². The topological polar surface area (TPSA) is 136 Å². The average Bonchev–Trinajstić information content (AvgIpc) is 2.86. The van der Waals surface area contributed by atoms with Crippen LogP contribution >= 0.6 is 0 Å². The van der Waals surface area contributed by atoms with Crippen molar-refractivity contribution in [2.75, 3.05) is 6.61 Å². The van der Waals surface area contributed by atoms with Gasteiger partial charge in [0.15, 0.2) is 6.61 Å². The summed E-state index contributed by atoms with van der Waals surface area (Å²) in [6, 6.07) is 8.16. The highest BCUT2D eigenvalue weighted by Crippen LogP contribution is 2.48. The van der Waals surface area contributed by atoms with Crippen LogP contribution < -0.4 is 9.47 Å². The van der Waals surface area contributed by atoms with Crippen molar-refractivity contribution in [1.29, 1.82) is 0 Å². The molecule has 0 saturated carbocycles. The standard InChI is InChI=1S/C29H30O9/c1-17-8-7-11-19(30)10-4-2-3-9-18-14-23-27(28(34)26(18)29(35)37-17)21(15-25(33)38-23)20-12-5-6-13-22(20)36-16-24(31)32/h3,5-6,9,12-14,17,21,34H,2,4,7-8,10-11,15-16H2,1H3,(H,31,32)/t17-,21+/m0/s1. The molecule has 2 N–H and O–H groups in total. The van der Waals surface area contributed by atoms with Crippen molar-refractivity contribution >= 4 is 29.8 Å². The number of esters is 2. The van der Waals surface area contributed by atoms with Gasteiger partial charge in [-0.3, -0.25) is 9.59 Å². The van der Waals surface area contributed by atoms with E-state index in [4.69, 9.17) is 19.3 Å². The van der Waals surface area contributed by atoms with Gasteiger partial charge in [0.2, 0.25) is 0 Å². The Kier molecular flexibility index (Phi) is 8.45. The number of cyclic esters (lactones) is 1. The fraction of sp³-hybridized carbons (Fsp3) is 0.379. The van der Waals surface area contributed by atoms with E-state index in [0.29, 0.717) is 49.7 Å². The lowest BCUT2D eigenvalue weighted by Crippen LogP contribution is -2.24. The van der Waals surface area contributed by atoms with Crippen molar-refractivity contribution in [1.82, 2.24) is 0 Å². The quantitative estimate of drug-likeness (QED) is 0.429. The molecule has 200 valence electrons. The average molecular weight is 523 g/mol. The molecule has 0 spiro atoms. The van der Waals surface area contributed by atoms with Crippen LogP contribution in [0.3, 0.4) is 0 Å². The lowest BCUT2D eigenvalue weighted by atomic mass is 9.83. The van der Waals surface area contributed by atoms with Gasteiger partial charge in [0, 0.05) is 29.9 Å². The molecule has 0 radical (unpaired) electrons. The summed E-state index contributed by atoms with van der Waals surface area (Å²) in [7, 11) is 0. The number of ketones is 1. The molecule has 2 atom stereocenters. The number of carbonyl (C=O) groups is 4. The van der Waals surface area contributed by atoms with Gasteiger partial charge in [-0.1, -0.05) is 30.4 Å². The monoisotopic (exact) mass is 522 g/mol. The number of hydrogen-bond donors (Lipinski definition) is 2. The molecule has 0 unspecified atom stereocenters. The van der Waals surface area contributed by atoms with Gasteiger partial charge in [-0.2, -0.15) is 0 Å². The Hall–Kier alpha value is -4.14. The minimum absolute atomic E-state index is 0.0492. The number of hydrogen-bond acceptors (Lipinski definition) is 8. The maximum absolute atomic E-state index is 13.3. The predicted octanol–water partition coefficient (Wildman–Crippen LogP) is 4.78. The molecule has 0 bridgehead atoms. The maximum Gasteiger partial charge on any atom is 0.342 e. The normalized spacial score (nSPS) is 20.4. The number of phenols is 1. The number of ether oxygens (including phenoxy) is 3. The number of rotatable bonds is 4. The van der Waals surface area contributed by atoms with Gasteiger partial charge >= 0.3 is 17.9 Å². The van der Waals surface area contributed by atoms with Gasteiger partial charge < -0.3 is 24.4 Å². The van der Waals surface area contributed by atoms with Crippen LogP contribution in [-0.2, 0) is 19.1 Å². The summed E-state index contributed by atoms with van der Waals surface area (Å²) in [5, 5.41) is 20.6. The first-order valence-electron chi connectivity index (χ1n) is 12.7. The van der Waals surface area contributed by atoms with Gasteiger partial charge in [0.05, 0.1) is 12.5 Å². The van der Waals surface area contributed by atoms with Gasteiger partial charge in [0.1, 0.15) is 28.6 Å². The van der Waals surface area contributed by atoms with E-state index in [1.165, 1.54) is 6.07 Å². The lowest BCUT2D eigenvalue weighted by molar-refractivity contribution is -0.139. The first kappa shape index (κ1) is 26.9. The van der Waals surface area contributed by atoms with Crippen molar-refractivity contribution in [2.24, 2.45) is 0 Å². The maximum atomic E-state index is 13.3. The summed E-state index contributed by atoms with van der Waals surface area (Å²) in [4.78, 5) is 49.1. The predicted molar refractivity (Wildman–Crippen MR) is 136 cm³/mol. The molecule has 2 heterocycles. The molecule has 2 aromatic rings. The molecular weight excluding hydrogens is 492 g/mol. The molecule has 38 heavy (non-hydrogen) atoms. The van der Waals surface area contributed by atoms with Crippen molar-refractivity contribution in [3.63, 3.8) is 0 Å². The van der Waals surface area contributed by atoms with E-state index in [0.717, 1.165) is 0 Å². The molecule has 2 aliphatic rings. The number of fused-ring (bicyclic) bond motifs is 2. The van der Waals surface area contributed by atoms with Crippen LogP contribution in [0.1, 0.15) is 84.8 Å². The second-order valence-electron chi connectivity index (χ2n) is 9.49. The number of carboxylic acid groups (broad SMARTS) is 1. The van der Waals surface area contributed by atoms with E-state index in [9.17, 15) is 24.3 Å². The smallest absolute Gasteiger partial charge is 0.342 e. The van der Waals surface area contributed by atoms with Crippen LogP contribution in [0.15, 0.2) is 36.4 Å².